The Morgan fingerprint density at radius 1 is 1.25 bits per heavy atom. The molecule has 3 aromatic rings. The lowest BCUT2D eigenvalue weighted by atomic mass is 10.0. The van der Waals surface area contributed by atoms with Gasteiger partial charge in [0.1, 0.15) is 15.5 Å². The molecule has 2 aliphatic rings. The van der Waals surface area contributed by atoms with Crippen molar-refractivity contribution in [2.75, 3.05) is 23.3 Å². The average molecular weight is 508 g/mol. The third kappa shape index (κ3) is 4.48. The fraction of sp³-hybridized carbons (Fsp3) is 0.385. The van der Waals surface area contributed by atoms with Crippen LogP contribution in [0.1, 0.15) is 49.7 Å². The van der Waals surface area contributed by atoms with Crippen molar-refractivity contribution in [3.63, 3.8) is 0 Å². The minimum Gasteiger partial charge on any atom is -0.491 e. The van der Waals surface area contributed by atoms with Crippen LogP contribution in [-0.2, 0) is 4.79 Å². The number of amides is 4. The number of urea groups is 1. The summed E-state index contributed by atoms with van der Waals surface area (Å²) in [6.07, 6.45) is 3.80. The van der Waals surface area contributed by atoms with Gasteiger partial charge in [0.05, 0.1) is 28.6 Å². The number of aromatic nitrogens is 1. The SMILES string of the molecule is CCC(=O)N1CCC[C@@H](NC(=O)c2sc3nccc4c3c2NC(=O)N4c2ccc(OC(C)C)cc2)C1. The number of nitrogens with one attached hydrogen (secondary N) is 2. The van der Waals surface area contributed by atoms with E-state index in [1.165, 1.54) is 11.3 Å². The topological polar surface area (TPSA) is 104 Å². The summed E-state index contributed by atoms with van der Waals surface area (Å²) in [6, 6.07) is 8.64. The summed E-state index contributed by atoms with van der Waals surface area (Å²) in [4.78, 5) is 47.7. The first-order valence-corrected chi connectivity index (χ1v) is 13.0. The van der Waals surface area contributed by atoms with Crippen molar-refractivity contribution < 1.29 is 19.1 Å². The molecule has 5 rings (SSSR count). The molecule has 0 radical (unpaired) electrons. The van der Waals surface area contributed by atoms with Crippen molar-refractivity contribution in [1.29, 1.82) is 0 Å². The summed E-state index contributed by atoms with van der Waals surface area (Å²) in [6.45, 7) is 6.98. The summed E-state index contributed by atoms with van der Waals surface area (Å²) in [5, 5.41) is 6.73. The molecule has 2 N–H and O–H groups in total. The third-order valence-corrected chi connectivity index (χ3v) is 7.43. The van der Waals surface area contributed by atoms with Crippen LogP contribution in [0, 0.1) is 0 Å². The van der Waals surface area contributed by atoms with E-state index in [-0.39, 0.29) is 30.0 Å². The predicted octanol–water partition coefficient (Wildman–Crippen LogP) is 4.90. The van der Waals surface area contributed by atoms with Gasteiger partial charge < -0.3 is 20.3 Å². The molecule has 4 heterocycles. The van der Waals surface area contributed by atoms with Crippen LogP contribution in [0.4, 0.5) is 21.9 Å². The molecule has 188 valence electrons. The molecule has 1 saturated heterocycles. The van der Waals surface area contributed by atoms with Crippen LogP contribution in [0.25, 0.3) is 10.2 Å². The zero-order chi connectivity index (χ0) is 25.4. The molecule has 4 amide bonds. The van der Waals surface area contributed by atoms with Crippen molar-refractivity contribution in [2.24, 2.45) is 0 Å². The van der Waals surface area contributed by atoms with Gasteiger partial charge in [-0.2, -0.15) is 0 Å². The van der Waals surface area contributed by atoms with Crippen molar-refractivity contribution in [3.8, 4) is 5.75 Å². The Labute approximate surface area is 213 Å². The number of thiophene rings is 1. The Hall–Kier alpha value is -3.66. The van der Waals surface area contributed by atoms with Gasteiger partial charge in [0.15, 0.2) is 0 Å². The Kier molecular flexibility index (Phi) is 6.53. The number of hydrogen-bond donors (Lipinski definition) is 2. The van der Waals surface area contributed by atoms with E-state index in [0.29, 0.717) is 39.7 Å². The van der Waals surface area contributed by atoms with E-state index >= 15 is 0 Å². The van der Waals surface area contributed by atoms with Gasteiger partial charge in [-0.25, -0.2) is 9.78 Å². The lowest BCUT2D eigenvalue weighted by Crippen LogP contribution is -2.49. The molecule has 0 aliphatic carbocycles. The van der Waals surface area contributed by atoms with Gasteiger partial charge in [-0.3, -0.25) is 14.5 Å². The predicted molar refractivity (Wildman–Crippen MR) is 140 cm³/mol. The molecular weight excluding hydrogens is 478 g/mol. The molecule has 0 spiro atoms. The lowest BCUT2D eigenvalue weighted by Gasteiger charge is -2.33. The quantitative estimate of drug-likeness (QED) is 0.494. The monoisotopic (exact) mass is 507 g/mol. The standard InChI is InChI=1S/C26H29N5O4S/c1-4-20(32)30-13-5-6-16(14-30)28-24(33)23-22-21-19(11-12-27-25(21)36-23)31(26(34)29-22)17-7-9-18(10-8-17)35-15(2)3/h7-12,15-16H,4-6,13-14H2,1-3H3,(H,28,33)(H,29,34)/t16-/m1/s1. The zero-order valence-electron chi connectivity index (χ0n) is 20.5. The maximum absolute atomic E-state index is 13.3. The highest BCUT2D eigenvalue weighted by atomic mass is 32.1. The second kappa shape index (κ2) is 9.77. The molecule has 2 aromatic heterocycles. The van der Waals surface area contributed by atoms with E-state index in [9.17, 15) is 14.4 Å². The number of pyridine rings is 1. The fourth-order valence-corrected chi connectivity index (χ4v) is 5.77. The van der Waals surface area contributed by atoms with Crippen LogP contribution in [0.3, 0.4) is 0 Å². The fourth-order valence-electron chi connectivity index (χ4n) is 4.74. The minimum absolute atomic E-state index is 0.0516. The molecular formula is C26H29N5O4S. The van der Waals surface area contributed by atoms with Crippen molar-refractivity contribution in [1.82, 2.24) is 15.2 Å². The van der Waals surface area contributed by atoms with Gasteiger partial charge in [-0.05, 0) is 57.0 Å². The first-order valence-electron chi connectivity index (χ1n) is 12.2. The first kappa shape index (κ1) is 24.1. The van der Waals surface area contributed by atoms with E-state index in [1.807, 2.05) is 45.0 Å². The van der Waals surface area contributed by atoms with E-state index in [4.69, 9.17) is 4.74 Å². The maximum Gasteiger partial charge on any atom is 0.331 e. The second-order valence-electron chi connectivity index (χ2n) is 9.25. The van der Waals surface area contributed by atoms with Crippen molar-refractivity contribution in [3.05, 3.63) is 41.4 Å². The average Bonchev–Trinajstić information content (AvgIpc) is 3.24. The number of anilines is 3. The first-order chi connectivity index (χ1) is 17.4. The van der Waals surface area contributed by atoms with Crippen molar-refractivity contribution >= 4 is 56.5 Å². The minimum atomic E-state index is -0.350. The maximum atomic E-state index is 13.3. The molecule has 0 unspecified atom stereocenters. The Morgan fingerprint density at radius 3 is 2.75 bits per heavy atom. The summed E-state index contributed by atoms with van der Waals surface area (Å²) >= 11 is 1.25. The molecule has 1 atom stereocenters. The highest BCUT2D eigenvalue weighted by Crippen LogP contribution is 2.45. The van der Waals surface area contributed by atoms with Gasteiger partial charge in [-0.15, -0.1) is 11.3 Å². The molecule has 0 saturated carbocycles. The molecule has 10 heteroatoms. The highest BCUT2D eigenvalue weighted by Gasteiger charge is 2.33. The van der Waals surface area contributed by atoms with E-state index in [0.717, 1.165) is 30.5 Å². The van der Waals surface area contributed by atoms with Gasteiger partial charge in [0.2, 0.25) is 5.91 Å². The molecule has 1 aromatic carbocycles. The largest absolute Gasteiger partial charge is 0.491 e. The Bertz CT molecular complexity index is 1320. The lowest BCUT2D eigenvalue weighted by molar-refractivity contribution is -0.132. The van der Waals surface area contributed by atoms with Crippen LogP contribution in [0.2, 0.25) is 0 Å². The van der Waals surface area contributed by atoms with Gasteiger partial charge in [0, 0.05) is 31.7 Å². The number of likely N-dealkylation sites (tertiary alicyclic amines) is 1. The number of rotatable bonds is 6. The summed E-state index contributed by atoms with van der Waals surface area (Å²) < 4.78 is 5.72. The number of carbonyl (C=O) groups excluding carboxylic acids is 3. The molecule has 2 aliphatic heterocycles. The number of carbonyl (C=O) groups is 3. The molecule has 0 bridgehead atoms. The number of piperidine rings is 1. The van der Waals surface area contributed by atoms with Gasteiger partial charge >= 0.3 is 6.03 Å². The smallest absolute Gasteiger partial charge is 0.331 e. The van der Waals surface area contributed by atoms with Crippen molar-refractivity contribution in [2.45, 2.75) is 52.2 Å². The van der Waals surface area contributed by atoms with E-state index in [1.54, 1.807) is 22.1 Å². The zero-order valence-corrected chi connectivity index (χ0v) is 21.4. The number of benzene rings is 1. The van der Waals surface area contributed by atoms with Crippen LogP contribution >= 0.6 is 11.3 Å². The summed E-state index contributed by atoms with van der Waals surface area (Å²) in [7, 11) is 0. The van der Waals surface area contributed by atoms with Crippen LogP contribution in [0.15, 0.2) is 36.5 Å². The summed E-state index contributed by atoms with van der Waals surface area (Å²) in [5.74, 6) is 0.553. The Balaban J connectivity index is 1.43. The normalized spacial score (nSPS) is 17.3. The molecule has 1 fully saturated rings. The van der Waals surface area contributed by atoms with Gasteiger partial charge in [-0.1, -0.05) is 6.92 Å². The van der Waals surface area contributed by atoms with Crippen LogP contribution < -0.4 is 20.3 Å². The van der Waals surface area contributed by atoms with E-state index < -0.39 is 0 Å². The Morgan fingerprint density at radius 2 is 2.03 bits per heavy atom. The second-order valence-corrected chi connectivity index (χ2v) is 10.2. The number of ether oxygens (including phenoxy) is 1. The molecule has 36 heavy (non-hydrogen) atoms. The number of hydrogen-bond acceptors (Lipinski definition) is 6. The van der Waals surface area contributed by atoms with E-state index in [2.05, 4.69) is 15.6 Å². The van der Waals surface area contributed by atoms with Gasteiger partial charge in [0.25, 0.3) is 5.91 Å². The van der Waals surface area contributed by atoms with Crippen LogP contribution in [-0.4, -0.2) is 53.0 Å². The highest BCUT2D eigenvalue weighted by molar-refractivity contribution is 7.21. The molecule has 9 nitrogen and oxygen atoms in total. The summed E-state index contributed by atoms with van der Waals surface area (Å²) in [5.41, 5.74) is 1.83. The third-order valence-electron chi connectivity index (χ3n) is 6.33. The van der Waals surface area contributed by atoms with Crippen LogP contribution in [0.5, 0.6) is 5.75 Å². The number of nitrogens with zero attached hydrogens (tertiary/aromatic N) is 3.